The lowest BCUT2D eigenvalue weighted by atomic mass is 10.2. The molecule has 0 heterocycles. The number of amides is 1. The first-order chi connectivity index (χ1) is 9.07. The number of nitrogens with one attached hydrogen (secondary N) is 1. The highest BCUT2D eigenvalue weighted by atomic mass is 79.9. The predicted octanol–water partition coefficient (Wildman–Crippen LogP) is 2.45. The lowest BCUT2D eigenvalue weighted by molar-refractivity contribution is -0.385. The van der Waals surface area contributed by atoms with Crippen molar-refractivity contribution in [2.24, 2.45) is 0 Å². The second-order valence-corrected chi connectivity index (χ2v) is 5.31. The summed E-state index contributed by atoms with van der Waals surface area (Å²) in [7, 11) is 0. The van der Waals surface area contributed by atoms with Crippen molar-refractivity contribution >= 4 is 39.3 Å². The van der Waals surface area contributed by atoms with Crippen molar-refractivity contribution in [3.8, 4) is 12.3 Å². The maximum atomic E-state index is 11.9. The summed E-state index contributed by atoms with van der Waals surface area (Å²) in [6.45, 7) is 0.459. The number of carbonyl (C=O) groups is 1. The maximum Gasteiger partial charge on any atom is 0.284 e. The standard InChI is InChI=1S/C12H11BrN2O3S/c1-2-7-19-8-6-14-12(16)9-4-3-5-10(11(9)13)15(17)18/h1,3-5H,6-8H2,(H,14,16). The first kappa shape index (κ1) is 15.5. The molecular formula is C12H11BrN2O3S. The molecule has 0 bridgehead atoms. The number of terminal acetylenes is 1. The van der Waals surface area contributed by atoms with E-state index in [0.717, 1.165) is 0 Å². The third-order valence-electron chi connectivity index (χ3n) is 2.14. The van der Waals surface area contributed by atoms with E-state index in [1.807, 2.05) is 0 Å². The zero-order chi connectivity index (χ0) is 14.3. The van der Waals surface area contributed by atoms with Crippen LogP contribution in [0.1, 0.15) is 10.4 Å². The Morgan fingerprint density at radius 1 is 1.58 bits per heavy atom. The van der Waals surface area contributed by atoms with Gasteiger partial charge in [-0.25, -0.2) is 0 Å². The molecule has 0 radical (unpaired) electrons. The summed E-state index contributed by atoms with van der Waals surface area (Å²) in [6, 6.07) is 4.34. The van der Waals surface area contributed by atoms with Crippen LogP contribution in [0.4, 0.5) is 5.69 Å². The van der Waals surface area contributed by atoms with Crippen LogP contribution in [0.15, 0.2) is 22.7 Å². The highest BCUT2D eigenvalue weighted by Gasteiger charge is 2.18. The van der Waals surface area contributed by atoms with Gasteiger partial charge < -0.3 is 5.32 Å². The monoisotopic (exact) mass is 342 g/mol. The van der Waals surface area contributed by atoms with E-state index in [4.69, 9.17) is 6.42 Å². The average Bonchev–Trinajstić information content (AvgIpc) is 2.38. The highest BCUT2D eigenvalue weighted by molar-refractivity contribution is 9.10. The molecule has 0 unspecified atom stereocenters. The van der Waals surface area contributed by atoms with E-state index in [2.05, 4.69) is 27.2 Å². The molecule has 1 amide bonds. The molecule has 0 aromatic heterocycles. The number of halogens is 1. The van der Waals surface area contributed by atoms with E-state index in [9.17, 15) is 14.9 Å². The number of nitrogens with zero attached hydrogens (tertiary/aromatic N) is 1. The van der Waals surface area contributed by atoms with E-state index in [1.165, 1.54) is 30.0 Å². The van der Waals surface area contributed by atoms with Crippen molar-refractivity contribution in [3.05, 3.63) is 38.3 Å². The summed E-state index contributed by atoms with van der Waals surface area (Å²) in [4.78, 5) is 22.1. The Balaban J connectivity index is 2.65. The zero-order valence-corrected chi connectivity index (χ0v) is 12.3. The van der Waals surface area contributed by atoms with Gasteiger partial charge in [-0.1, -0.05) is 12.0 Å². The number of hydrogen-bond donors (Lipinski definition) is 1. The summed E-state index contributed by atoms with van der Waals surface area (Å²) in [6.07, 6.45) is 5.10. The van der Waals surface area contributed by atoms with Gasteiger partial charge in [-0.15, -0.1) is 18.2 Å². The lowest BCUT2D eigenvalue weighted by Crippen LogP contribution is -2.26. The number of rotatable bonds is 6. The Labute approximate surface area is 123 Å². The van der Waals surface area contributed by atoms with E-state index in [0.29, 0.717) is 18.1 Å². The largest absolute Gasteiger partial charge is 0.351 e. The Kier molecular flexibility index (Phi) is 6.39. The molecule has 0 saturated heterocycles. The van der Waals surface area contributed by atoms with Crippen LogP contribution >= 0.6 is 27.7 Å². The maximum absolute atomic E-state index is 11.9. The summed E-state index contributed by atoms with van der Waals surface area (Å²) in [5, 5.41) is 13.4. The van der Waals surface area contributed by atoms with Gasteiger partial charge in [-0.3, -0.25) is 14.9 Å². The zero-order valence-electron chi connectivity index (χ0n) is 9.89. The van der Waals surface area contributed by atoms with Crippen molar-refractivity contribution in [2.45, 2.75) is 0 Å². The molecular weight excluding hydrogens is 332 g/mol. The number of thioether (sulfide) groups is 1. The molecule has 19 heavy (non-hydrogen) atoms. The molecule has 0 atom stereocenters. The lowest BCUT2D eigenvalue weighted by Gasteiger charge is -2.06. The molecule has 7 heteroatoms. The molecule has 0 aliphatic heterocycles. The SMILES string of the molecule is C#CCSCCNC(=O)c1cccc([N+](=O)[O-])c1Br. The van der Waals surface area contributed by atoms with Crippen LogP contribution in [-0.2, 0) is 0 Å². The first-order valence-corrected chi connectivity index (χ1v) is 7.25. The number of benzene rings is 1. The van der Waals surface area contributed by atoms with Crippen LogP contribution in [0.2, 0.25) is 0 Å². The van der Waals surface area contributed by atoms with E-state index in [1.54, 1.807) is 0 Å². The van der Waals surface area contributed by atoms with Crippen LogP contribution in [0.3, 0.4) is 0 Å². The molecule has 100 valence electrons. The second kappa shape index (κ2) is 7.81. The van der Waals surface area contributed by atoms with E-state index < -0.39 is 4.92 Å². The van der Waals surface area contributed by atoms with Gasteiger partial charge in [-0.2, -0.15) is 0 Å². The molecule has 5 nitrogen and oxygen atoms in total. The molecule has 1 aromatic rings. The number of nitro benzene ring substituents is 1. The summed E-state index contributed by atoms with van der Waals surface area (Å²) >= 11 is 4.61. The van der Waals surface area contributed by atoms with Crippen molar-refractivity contribution in [1.82, 2.24) is 5.32 Å². The fourth-order valence-electron chi connectivity index (χ4n) is 1.30. The van der Waals surface area contributed by atoms with Gasteiger partial charge >= 0.3 is 0 Å². The van der Waals surface area contributed by atoms with E-state index in [-0.39, 0.29) is 21.6 Å². The number of hydrogen-bond acceptors (Lipinski definition) is 4. The highest BCUT2D eigenvalue weighted by Crippen LogP contribution is 2.28. The van der Waals surface area contributed by atoms with Crippen LogP contribution in [-0.4, -0.2) is 28.9 Å². The average molecular weight is 343 g/mol. The van der Waals surface area contributed by atoms with Gasteiger partial charge in [0.15, 0.2) is 0 Å². The molecule has 1 N–H and O–H groups in total. The molecule has 0 aliphatic rings. The van der Waals surface area contributed by atoms with Crippen molar-refractivity contribution in [1.29, 1.82) is 0 Å². The number of nitro groups is 1. The Morgan fingerprint density at radius 2 is 2.32 bits per heavy atom. The van der Waals surface area contributed by atoms with Gasteiger partial charge in [0.25, 0.3) is 11.6 Å². The van der Waals surface area contributed by atoms with Crippen LogP contribution < -0.4 is 5.32 Å². The summed E-state index contributed by atoms with van der Waals surface area (Å²) in [5.41, 5.74) is 0.116. The minimum absolute atomic E-state index is 0.130. The van der Waals surface area contributed by atoms with E-state index >= 15 is 0 Å². The summed E-state index contributed by atoms with van der Waals surface area (Å²) in [5.74, 6) is 3.42. The minimum Gasteiger partial charge on any atom is -0.351 e. The van der Waals surface area contributed by atoms with Crippen molar-refractivity contribution < 1.29 is 9.72 Å². The smallest absolute Gasteiger partial charge is 0.284 e. The van der Waals surface area contributed by atoms with Gasteiger partial charge in [-0.05, 0) is 22.0 Å². The third-order valence-corrected chi connectivity index (χ3v) is 3.83. The molecule has 0 saturated carbocycles. The quantitative estimate of drug-likeness (QED) is 0.373. The van der Waals surface area contributed by atoms with Crippen LogP contribution in [0.25, 0.3) is 0 Å². The first-order valence-electron chi connectivity index (χ1n) is 5.30. The molecule has 1 rings (SSSR count). The fraction of sp³-hybridized carbons (Fsp3) is 0.250. The molecule has 0 fully saturated rings. The van der Waals surface area contributed by atoms with Gasteiger partial charge in [0, 0.05) is 18.4 Å². The summed E-state index contributed by atoms with van der Waals surface area (Å²) < 4.78 is 0.189. The Hall–Kier alpha value is -1.52. The van der Waals surface area contributed by atoms with Crippen LogP contribution in [0, 0.1) is 22.5 Å². The molecule has 0 spiro atoms. The Bertz CT molecular complexity index is 528. The number of carbonyl (C=O) groups excluding carboxylic acids is 1. The van der Waals surface area contributed by atoms with Crippen LogP contribution in [0.5, 0.6) is 0 Å². The fourth-order valence-corrected chi connectivity index (χ4v) is 2.40. The second-order valence-electron chi connectivity index (χ2n) is 3.41. The van der Waals surface area contributed by atoms with Crippen molar-refractivity contribution in [2.75, 3.05) is 18.1 Å². The van der Waals surface area contributed by atoms with Gasteiger partial charge in [0.1, 0.15) is 4.47 Å². The third kappa shape index (κ3) is 4.58. The minimum atomic E-state index is -0.538. The topological polar surface area (TPSA) is 72.2 Å². The van der Waals surface area contributed by atoms with Gasteiger partial charge in [0.05, 0.1) is 16.2 Å². The van der Waals surface area contributed by atoms with Crippen molar-refractivity contribution in [3.63, 3.8) is 0 Å². The Morgan fingerprint density at radius 3 is 2.95 bits per heavy atom. The predicted molar refractivity (Wildman–Crippen MR) is 79.3 cm³/mol. The molecule has 0 aliphatic carbocycles. The molecule has 1 aromatic carbocycles. The van der Waals surface area contributed by atoms with Gasteiger partial charge in [0.2, 0.25) is 0 Å². The normalized spacial score (nSPS) is 9.68.